The molecule has 1 heterocycles. The van der Waals surface area contributed by atoms with E-state index in [0.717, 1.165) is 11.1 Å². The normalized spacial score (nSPS) is 17.2. The Morgan fingerprint density at radius 2 is 1.68 bits per heavy atom. The Morgan fingerprint density at radius 3 is 2.35 bits per heavy atom. The third-order valence-electron chi connectivity index (χ3n) is 5.98. The van der Waals surface area contributed by atoms with E-state index in [2.05, 4.69) is 31.3 Å². The van der Waals surface area contributed by atoms with Gasteiger partial charge in [-0.05, 0) is 69.5 Å². The van der Waals surface area contributed by atoms with Crippen LogP contribution in [0.3, 0.4) is 0 Å². The summed E-state index contributed by atoms with van der Waals surface area (Å²) in [7, 11) is -3.51. The Balaban J connectivity index is 1.56. The zero-order chi connectivity index (χ0) is 22.6. The summed E-state index contributed by atoms with van der Waals surface area (Å²) >= 11 is 0. The Morgan fingerprint density at radius 1 is 0.968 bits per heavy atom. The summed E-state index contributed by atoms with van der Waals surface area (Å²) in [5.41, 5.74) is 4.56. The highest BCUT2D eigenvalue weighted by molar-refractivity contribution is 7.89. The number of carbonyl (C=O) groups excluding carboxylic acids is 1. The van der Waals surface area contributed by atoms with Crippen LogP contribution in [0.15, 0.2) is 47.4 Å². The van der Waals surface area contributed by atoms with E-state index in [9.17, 15) is 13.2 Å². The van der Waals surface area contributed by atoms with Gasteiger partial charge >= 0.3 is 0 Å². The van der Waals surface area contributed by atoms with Gasteiger partial charge in [0.15, 0.2) is 0 Å². The van der Waals surface area contributed by atoms with Crippen LogP contribution in [0.2, 0.25) is 0 Å². The second kappa shape index (κ2) is 9.94. The Hall–Kier alpha value is -2.22. The van der Waals surface area contributed by atoms with Crippen LogP contribution in [-0.2, 0) is 14.8 Å². The lowest BCUT2D eigenvalue weighted by molar-refractivity contribution is -0.122. The van der Waals surface area contributed by atoms with Crippen molar-refractivity contribution in [3.8, 4) is 0 Å². The zero-order valence-corrected chi connectivity index (χ0v) is 19.7. The molecular formula is C24H33N3O3S. The van der Waals surface area contributed by atoms with Crippen LogP contribution in [0.5, 0.6) is 0 Å². The Labute approximate surface area is 186 Å². The molecule has 1 atom stereocenters. The molecule has 7 heteroatoms. The number of amides is 1. The maximum atomic E-state index is 13.0. The van der Waals surface area contributed by atoms with E-state index >= 15 is 0 Å². The highest BCUT2D eigenvalue weighted by Crippen LogP contribution is 2.19. The molecule has 3 rings (SSSR count). The van der Waals surface area contributed by atoms with Crippen molar-refractivity contribution >= 4 is 15.9 Å². The van der Waals surface area contributed by atoms with Crippen molar-refractivity contribution in [2.75, 3.05) is 32.7 Å². The minimum atomic E-state index is -3.51. The average Bonchev–Trinajstić information content (AvgIpc) is 2.96. The van der Waals surface area contributed by atoms with E-state index in [1.807, 2.05) is 36.9 Å². The minimum Gasteiger partial charge on any atom is -0.348 e. The van der Waals surface area contributed by atoms with Gasteiger partial charge in [-0.25, -0.2) is 8.42 Å². The molecule has 1 fully saturated rings. The van der Waals surface area contributed by atoms with E-state index in [4.69, 9.17) is 0 Å². The fourth-order valence-electron chi connectivity index (χ4n) is 3.81. The molecule has 2 aromatic rings. The topological polar surface area (TPSA) is 69.7 Å². The molecule has 1 N–H and O–H groups in total. The predicted molar refractivity (Wildman–Crippen MR) is 123 cm³/mol. The summed E-state index contributed by atoms with van der Waals surface area (Å²) in [6.45, 7) is 10.4. The lowest BCUT2D eigenvalue weighted by atomic mass is 10.0. The first-order valence-corrected chi connectivity index (χ1v) is 12.3. The van der Waals surface area contributed by atoms with E-state index in [-0.39, 0.29) is 18.5 Å². The van der Waals surface area contributed by atoms with Crippen molar-refractivity contribution in [2.45, 2.75) is 45.1 Å². The van der Waals surface area contributed by atoms with Gasteiger partial charge in [-0.2, -0.15) is 4.31 Å². The molecule has 6 nitrogen and oxygen atoms in total. The van der Waals surface area contributed by atoms with E-state index in [0.29, 0.717) is 37.5 Å². The first-order chi connectivity index (χ1) is 14.7. The van der Waals surface area contributed by atoms with Crippen molar-refractivity contribution in [1.29, 1.82) is 0 Å². The van der Waals surface area contributed by atoms with Gasteiger partial charge in [0.05, 0.1) is 17.5 Å². The number of aryl methyl sites for hydroxylation is 3. The molecule has 0 unspecified atom stereocenters. The average molecular weight is 444 g/mol. The molecule has 0 bridgehead atoms. The molecule has 1 aliphatic heterocycles. The van der Waals surface area contributed by atoms with Crippen LogP contribution >= 0.6 is 0 Å². The molecule has 1 amide bonds. The van der Waals surface area contributed by atoms with Gasteiger partial charge < -0.3 is 5.32 Å². The summed E-state index contributed by atoms with van der Waals surface area (Å²) in [4.78, 5) is 15.0. The number of hydrogen-bond donors (Lipinski definition) is 1. The van der Waals surface area contributed by atoms with Gasteiger partial charge in [0.2, 0.25) is 15.9 Å². The summed E-state index contributed by atoms with van der Waals surface area (Å²) < 4.78 is 27.5. The van der Waals surface area contributed by atoms with E-state index < -0.39 is 10.0 Å². The molecular weight excluding hydrogens is 410 g/mol. The molecule has 1 saturated heterocycles. The fourth-order valence-corrected chi connectivity index (χ4v) is 5.28. The summed E-state index contributed by atoms with van der Waals surface area (Å²) in [6.07, 6.45) is 0.699. The molecule has 0 aromatic heterocycles. The van der Waals surface area contributed by atoms with Gasteiger partial charge in [-0.15, -0.1) is 0 Å². The Kier molecular flexibility index (Phi) is 7.51. The molecule has 0 aliphatic carbocycles. The first kappa shape index (κ1) is 23.4. The quantitative estimate of drug-likeness (QED) is 0.745. The third kappa shape index (κ3) is 5.93. The number of sulfonamides is 1. The number of benzene rings is 2. The monoisotopic (exact) mass is 443 g/mol. The minimum absolute atomic E-state index is 0.0411. The third-order valence-corrected chi connectivity index (χ3v) is 7.89. The van der Waals surface area contributed by atoms with Crippen molar-refractivity contribution in [1.82, 2.24) is 14.5 Å². The van der Waals surface area contributed by atoms with Crippen LogP contribution in [0, 0.1) is 20.8 Å². The molecule has 168 valence electrons. The first-order valence-electron chi connectivity index (χ1n) is 10.8. The van der Waals surface area contributed by atoms with Crippen molar-refractivity contribution in [3.63, 3.8) is 0 Å². The highest BCUT2D eigenvalue weighted by atomic mass is 32.2. The van der Waals surface area contributed by atoms with Gasteiger partial charge in [-0.1, -0.05) is 35.9 Å². The fraction of sp³-hybridized carbons (Fsp3) is 0.458. The predicted octanol–water partition coefficient (Wildman–Crippen LogP) is 3.19. The van der Waals surface area contributed by atoms with Crippen LogP contribution in [0.25, 0.3) is 0 Å². The summed E-state index contributed by atoms with van der Waals surface area (Å²) in [5, 5.41) is 3.07. The smallest absolute Gasteiger partial charge is 0.243 e. The van der Waals surface area contributed by atoms with Crippen molar-refractivity contribution < 1.29 is 13.2 Å². The number of hydrogen-bond acceptors (Lipinski definition) is 4. The van der Waals surface area contributed by atoms with Crippen LogP contribution in [0.1, 0.15) is 41.6 Å². The maximum absolute atomic E-state index is 13.0. The molecule has 1 aliphatic rings. The lowest BCUT2D eigenvalue weighted by Gasteiger charge is -2.22. The SMILES string of the molecule is Cc1ccc(S(=O)(=O)N2CCCN(CC(=O)N[C@@H](C)c3ccc(C)c(C)c3)CC2)cc1. The highest BCUT2D eigenvalue weighted by Gasteiger charge is 2.27. The number of rotatable bonds is 6. The van der Waals surface area contributed by atoms with E-state index in [1.165, 1.54) is 15.4 Å². The Bertz CT molecular complexity index is 1020. The number of carbonyl (C=O) groups is 1. The molecule has 0 saturated carbocycles. The second-order valence-corrected chi connectivity index (χ2v) is 10.4. The molecule has 2 aromatic carbocycles. The van der Waals surface area contributed by atoms with E-state index in [1.54, 1.807) is 12.1 Å². The lowest BCUT2D eigenvalue weighted by Crippen LogP contribution is -2.40. The van der Waals surface area contributed by atoms with Gasteiger partial charge in [0.1, 0.15) is 0 Å². The second-order valence-electron chi connectivity index (χ2n) is 8.48. The van der Waals surface area contributed by atoms with Crippen molar-refractivity contribution in [2.24, 2.45) is 0 Å². The van der Waals surface area contributed by atoms with Gasteiger partial charge in [0.25, 0.3) is 0 Å². The molecule has 0 spiro atoms. The largest absolute Gasteiger partial charge is 0.348 e. The van der Waals surface area contributed by atoms with Crippen LogP contribution < -0.4 is 5.32 Å². The zero-order valence-electron chi connectivity index (χ0n) is 18.9. The number of nitrogens with one attached hydrogen (secondary N) is 1. The standard InChI is InChI=1S/C24H33N3O3S/c1-18-6-10-23(11-7-18)31(29,30)27-13-5-12-26(14-15-27)17-24(28)25-21(4)22-9-8-19(2)20(3)16-22/h6-11,16,21H,5,12-15,17H2,1-4H3,(H,25,28)/t21-/m0/s1. The molecule has 31 heavy (non-hydrogen) atoms. The molecule has 0 radical (unpaired) electrons. The van der Waals surface area contributed by atoms with Gasteiger partial charge in [-0.3, -0.25) is 9.69 Å². The number of nitrogens with zero attached hydrogens (tertiary/aromatic N) is 2. The van der Waals surface area contributed by atoms with Crippen LogP contribution in [0.4, 0.5) is 0 Å². The van der Waals surface area contributed by atoms with Crippen molar-refractivity contribution in [3.05, 3.63) is 64.7 Å². The maximum Gasteiger partial charge on any atom is 0.243 e. The summed E-state index contributed by atoms with van der Waals surface area (Å²) in [5.74, 6) is -0.0411. The van der Waals surface area contributed by atoms with Crippen LogP contribution in [-0.4, -0.2) is 56.3 Å². The van der Waals surface area contributed by atoms with Gasteiger partial charge in [0, 0.05) is 19.6 Å². The summed E-state index contributed by atoms with van der Waals surface area (Å²) in [6, 6.07) is 13.1.